The summed E-state index contributed by atoms with van der Waals surface area (Å²) in [4.78, 5) is 0. The van der Waals surface area contributed by atoms with Crippen molar-refractivity contribution in [2.24, 2.45) is 0 Å². The summed E-state index contributed by atoms with van der Waals surface area (Å²) in [5.41, 5.74) is 0. The summed E-state index contributed by atoms with van der Waals surface area (Å²) < 4.78 is 0. The van der Waals surface area contributed by atoms with Crippen LogP contribution in [0.25, 0.3) is 0 Å². The summed E-state index contributed by atoms with van der Waals surface area (Å²) in [6.45, 7) is 4.25. The van der Waals surface area contributed by atoms with Gasteiger partial charge in [0.1, 0.15) is 0 Å². The zero-order valence-corrected chi connectivity index (χ0v) is 7.20. The molecule has 0 saturated heterocycles. The van der Waals surface area contributed by atoms with E-state index >= 15 is 0 Å². The Morgan fingerprint density at radius 1 is 1.33 bits per heavy atom. The van der Waals surface area contributed by atoms with Crippen molar-refractivity contribution in [3.8, 4) is 0 Å². The van der Waals surface area contributed by atoms with Crippen LogP contribution in [0.3, 0.4) is 0 Å². The quantitative estimate of drug-likeness (QED) is 0.603. The van der Waals surface area contributed by atoms with Gasteiger partial charge in [-0.25, -0.2) is 0 Å². The van der Waals surface area contributed by atoms with Gasteiger partial charge in [0.05, 0.1) is 0 Å². The van der Waals surface area contributed by atoms with Crippen molar-refractivity contribution in [1.29, 1.82) is 0 Å². The maximum Gasteiger partial charge on any atom is 0.0486 e. The fourth-order valence-electron chi connectivity index (χ4n) is 0.925. The predicted octanol–water partition coefficient (Wildman–Crippen LogP) is 2.00. The Kier molecular flexibility index (Phi) is 5.21. The molecule has 0 radical (unpaired) electrons. The minimum atomic E-state index is 0.292. The first-order chi connectivity index (χ1) is 4.26. The van der Waals surface area contributed by atoms with Crippen molar-refractivity contribution in [3.63, 3.8) is 0 Å². The molecule has 0 aliphatic carbocycles. The van der Waals surface area contributed by atoms with Crippen LogP contribution in [0.1, 0.15) is 26.7 Å². The SMILES string of the molecule is CCC(Cl)C(CC)NC. The second kappa shape index (κ2) is 5.07. The summed E-state index contributed by atoms with van der Waals surface area (Å²) in [6, 6.07) is 0.483. The summed E-state index contributed by atoms with van der Waals surface area (Å²) in [7, 11) is 1.96. The predicted molar refractivity (Wildman–Crippen MR) is 43.1 cm³/mol. The molecule has 0 heterocycles. The molecule has 0 rings (SSSR count). The zero-order valence-electron chi connectivity index (χ0n) is 6.45. The van der Waals surface area contributed by atoms with Gasteiger partial charge in [-0.2, -0.15) is 0 Å². The Bertz CT molecular complexity index is 61.9. The Hall–Kier alpha value is 0.250. The van der Waals surface area contributed by atoms with Crippen molar-refractivity contribution < 1.29 is 0 Å². The van der Waals surface area contributed by atoms with Crippen LogP contribution in [-0.2, 0) is 0 Å². The molecule has 0 aromatic heterocycles. The first kappa shape index (κ1) is 9.25. The molecule has 9 heavy (non-hydrogen) atoms. The number of hydrogen-bond donors (Lipinski definition) is 1. The third-order valence-corrected chi connectivity index (χ3v) is 2.25. The van der Waals surface area contributed by atoms with Crippen LogP contribution < -0.4 is 5.32 Å². The molecule has 0 fully saturated rings. The molecule has 2 heteroatoms. The molecular weight excluding hydrogens is 134 g/mol. The van der Waals surface area contributed by atoms with E-state index in [9.17, 15) is 0 Å². The maximum absolute atomic E-state index is 5.97. The summed E-state index contributed by atoms with van der Waals surface area (Å²) in [6.07, 6.45) is 2.15. The zero-order chi connectivity index (χ0) is 7.28. The maximum atomic E-state index is 5.97. The van der Waals surface area contributed by atoms with E-state index in [1.165, 1.54) is 0 Å². The highest BCUT2D eigenvalue weighted by Gasteiger charge is 2.11. The average molecular weight is 150 g/mol. The minimum Gasteiger partial charge on any atom is -0.316 e. The van der Waals surface area contributed by atoms with Crippen LogP contribution in [0.2, 0.25) is 0 Å². The highest BCUT2D eigenvalue weighted by atomic mass is 35.5. The number of rotatable bonds is 4. The lowest BCUT2D eigenvalue weighted by molar-refractivity contribution is 0.510. The van der Waals surface area contributed by atoms with Crippen molar-refractivity contribution >= 4 is 11.6 Å². The molecule has 0 aromatic carbocycles. The highest BCUT2D eigenvalue weighted by Crippen LogP contribution is 2.09. The molecule has 1 N–H and O–H groups in total. The lowest BCUT2D eigenvalue weighted by Gasteiger charge is -2.17. The topological polar surface area (TPSA) is 12.0 Å². The molecule has 2 unspecified atom stereocenters. The van der Waals surface area contributed by atoms with Gasteiger partial charge in [0.25, 0.3) is 0 Å². The van der Waals surface area contributed by atoms with Gasteiger partial charge in [-0.05, 0) is 19.9 Å². The highest BCUT2D eigenvalue weighted by molar-refractivity contribution is 6.21. The second-order valence-corrected chi connectivity index (χ2v) is 2.79. The van der Waals surface area contributed by atoms with Gasteiger partial charge in [0.2, 0.25) is 0 Å². The third kappa shape index (κ3) is 3.07. The van der Waals surface area contributed by atoms with Gasteiger partial charge < -0.3 is 5.32 Å². The van der Waals surface area contributed by atoms with E-state index < -0.39 is 0 Å². The Morgan fingerprint density at radius 3 is 2.00 bits per heavy atom. The van der Waals surface area contributed by atoms with Crippen molar-refractivity contribution in [2.45, 2.75) is 38.1 Å². The van der Waals surface area contributed by atoms with Gasteiger partial charge in [0, 0.05) is 11.4 Å². The smallest absolute Gasteiger partial charge is 0.0486 e. The van der Waals surface area contributed by atoms with Crippen LogP contribution in [0, 0.1) is 0 Å². The fourth-order valence-corrected chi connectivity index (χ4v) is 1.23. The van der Waals surface area contributed by atoms with E-state index in [4.69, 9.17) is 11.6 Å². The van der Waals surface area contributed by atoms with Crippen LogP contribution >= 0.6 is 11.6 Å². The lowest BCUT2D eigenvalue weighted by Crippen LogP contribution is -2.33. The standard InChI is InChI=1S/C7H16ClN/c1-4-6(8)7(5-2)9-3/h6-7,9H,4-5H2,1-3H3. The monoisotopic (exact) mass is 149 g/mol. The molecule has 1 nitrogen and oxygen atoms in total. The molecule has 0 aliphatic heterocycles. The molecule has 0 bridgehead atoms. The fraction of sp³-hybridized carbons (Fsp3) is 1.00. The summed E-state index contributed by atoms with van der Waals surface area (Å²) in [5.74, 6) is 0. The minimum absolute atomic E-state index is 0.292. The molecule has 0 aliphatic rings. The Morgan fingerprint density at radius 2 is 1.89 bits per heavy atom. The van der Waals surface area contributed by atoms with Gasteiger partial charge in [-0.15, -0.1) is 11.6 Å². The molecular formula is C7H16ClN. The number of halogens is 1. The summed E-state index contributed by atoms with van der Waals surface area (Å²) >= 11 is 5.97. The number of hydrogen-bond acceptors (Lipinski definition) is 1. The molecule has 0 saturated carbocycles. The van der Waals surface area contributed by atoms with E-state index in [1.54, 1.807) is 0 Å². The molecule has 0 spiro atoms. The van der Waals surface area contributed by atoms with Crippen molar-refractivity contribution in [2.75, 3.05) is 7.05 Å². The van der Waals surface area contributed by atoms with Gasteiger partial charge in [0.15, 0.2) is 0 Å². The first-order valence-electron chi connectivity index (χ1n) is 3.57. The van der Waals surface area contributed by atoms with E-state index in [0.29, 0.717) is 11.4 Å². The van der Waals surface area contributed by atoms with Gasteiger partial charge in [-0.1, -0.05) is 13.8 Å². The second-order valence-electron chi connectivity index (χ2n) is 2.23. The Labute approximate surface area is 62.8 Å². The van der Waals surface area contributed by atoms with Gasteiger partial charge >= 0.3 is 0 Å². The third-order valence-electron chi connectivity index (χ3n) is 1.64. The lowest BCUT2D eigenvalue weighted by atomic mass is 10.1. The van der Waals surface area contributed by atoms with E-state index in [-0.39, 0.29) is 0 Å². The number of alkyl halides is 1. The number of nitrogens with one attached hydrogen (secondary N) is 1. The molecule has 0 amide bonds. The molecule has 0 aromatic rings. The normalized spacial score (nSPS) is 17.3. The van der Waals surface area contributed by atoms with Gasteiger partial charge in [-0.3, -0.25) is 0 Å². The largest absolute Gasteiger partial charge is 0.316 e. The van der Waals surface area contributed by atoms with E-state index in [1.807, 2.05) is 7.05 Å². The average Bonchev–Trinajstić information content (AvgIpc) is 1.90. The van der Waals surface area contributed by atoms with Crippen molar-refractivity contribution in [1.82, 2.24) is 5.32 Å². The van der Waals surface area contributed by atoms with Crippen LogP contribution in [-0.4, -0.2) is 18.5 Å². The summed E-state index contributed by atoms with van der Waals surface area (Å²) in [5, 5.41) is 3.46. The van der Waals surface area contributed by atoms with Crippen LogP contribution in [0.4, 0.5) is 0 Å². The first-order valence-corrected chi connectivity index (χ1v) is 4.01. The molecule has 56 valence electrons. The van der Waals surface area contributed by atoms with Crippen LogP contribution in [0.15, 0.2) is 0 Å². The van der Waals surface area contributed by atoms with Crippen LogP contribution in [0.5, 0.6) is 0 Å². The van der Waals surface area contributed by atoms with Crippen molar-refractivity contribution in [3.05, 3.63) is 0 Å². The van der Waals surface area contributed by atoms with E-state index in [2.05, 4.69) is 19.2 Å². The van der Waals surface area contributed by atoms with E-state index in [0.717, 1.165) is 12.8 Å². The Balaban J connectivity index is 3.50. The molecule has 2 atom stereocenters.